The van der Waals surface area contributed by atoms with Crippen molar-refractivity contribution in [3.05, 3.63) is 76.1 Å². The van der Waals surface area contributed by atoms with Crippen molar-refractivity contribution in [1.29, 1.82) is 5.26 Å². The highest BCUT2D eigenvalue weighted by Crippen LogP contribution is 2.44. The molecule has 242 valence electrons. The number of benzene rings is 2. The molecule has 1 atom stereocenters. The number of hydrogen-bond acceptors (Lipinski definition) is 8. The monoisotopic (exact) mass is 643 g/mol. The summed E-state index contributed by atoms with van der Waals surface area (Å²) in [4.78, 5) is 66.6. The number of anilines is 2. The first kappa shape index (κ1) is 30.9. The predicted octanol–water partition coefficient (Wildman–Crippen LogP) is 3.20. The molecule has 4 aliphatic rings. The molecule has 7 rings (SSSR count). The molecule has 12 nitrogen and oxygen atoms in total. The molecule has 1 unspecified atom stereocenters. The number of carbonyl (C=O) groups is 5. The maximum absolute atomic E-state index is 13.5. The van der Waals surface area contributed by atoms with Gasteiger partial charge in [0.05, 0.1) is 39.9 Å². The Hall–Kier alpha value is -5.75. The van der Waals surface area contributed by atoms with E-state index in [4.69, 9.17) is 0 Å². The molecule has 0 spiro atoms. The van der Waals surface area contributed by atoms with E-state index in [0.29, 0.717) is 30.3 Å². The van der Waals surface area contributed by atoms with E-state index in [1.54, 1.807) is 55.1 Å². The summed E-state index contributed by atoms with van der Waals surface area (Å²) in [5, 5.41) is 19.2. The van der Waals surface area contributed by atoms with E-state index in [0.717, 1.165) is 40.2 Å². The highest BCUT2D eigenvalue weighted by atomic mass is 16.2. The number of carbonyl (C=O) groups excluding carboxylic acids is 5. The average molecular weight is 644 g/mol. The van der Waals surface area contributed by atoms with E-state index in [-0.39, 0.29) is 35.8 Å². The van der Waals surface area contributed by atoms with E-state index in [1.165, 1.54) is 0 Å². The van der Waals surface area contributed by atoms with Gasteiger partial charge in [-0.25, -0.2) is 0 Å². The summed E-state index contributed by atoms with van der Waals surface area (Å²) < 4.78 is 1.64. The first-order valence-electron chi connectivity index (χ1n) is 16.0. The number of piperidine rings is 1. The molecule has 1 aromatic heterocycles. The average Bonchev–Trinajstić information content (AvgIpc) is 3.77. The Morgan fingerprint density at radius 1 is 1.02 bits per heavy atom. The molecular formula is C36H33N7O5. The summed E-state index contributed by atoms with van der Waals surface area (Å²) >= 11 is 0. The Morgan fingerprint density at radius 3 is 2.48 bits per heavy atom. The molecule has 12 heteroatoms. The highest BCUT2D eigenvalue weighted by molar-refractivity contribution is 6.23. The molecule has 3 aliphatic heterocycles. The fraction of sp³-hybridized carbons (Fsp3) is 0.361. The van der Waals surface area contributed by atoms with Crippen molar-refractivity contribution in [3.8, 4) is 17.9 Å². The zero-order chi connectivity index (χ0) is 33.9. The van der Waals surface area contributed by atoms with Crippen LogP contribution in [0.2, 0.25) is 0 Å². The lowest BCUT2D eigenvalue weighted by Gasteiger charge is -2.38. The van der Waals surface area contributed by atoms with Gasteiger partial charge in [0.25, 0.3) is 17.7 Å². The van der Waals surface area contributed by atoms with Gasteiger partial charge in [-0.2, -0.15) is 10.4 Å². The second-order valence-electron chi connectivity index (χ2n) is 13.3. The van der Waals surface area contributed by atoms with E-state index < -0.39 is 35.2 Å². The normalized spacial score (nSPS) is 19.2. The molecule has 3 aromatic rings. The van der Waals surface area contributed by atoms with Crippen LogP contribution < -0.4 is 15.5 Å². The first-order valence-corrected chi connectivity index (χ1v) is 16.0. The SMILES string of the molecule is Cc1nn(C(C)(C)C(=O)Nc2ccc(C#N)cc2C2CC2)cc1C#CC1CN(c2ccc3c(c2)C(=O)N(C2CCC(=O)NC2=O)C3=O)C1. The molecule has 2 aromatic carbocycles. The number of nitrogens with zero attached hydrogens (tertiary/aromatic N) is 5. The van der Waals surface area contributed by atoms with Crippen molar-refractivity contribution in [2.45, 2.75) is 64.0 Å². The third kappa shape index (κ3) is 5.39. The van der Waals surface area contributed by atoms with Crippen LogP contribution in [0, 0.1) is 36.0 Å². The summed E-state index contributed by atoms with van der Waals surface area (Å²) in [7, 11) is 0. The molecule has 0 radical (unpaired) electrons. The number of amides is 5. The van der Waals surface area contributed by atoms with E-state index >= 15 is 0 Å². The topological polar surface area (TPSA) is 158 Å². The molecule has 0 bridgehead atoms. The van der Waals surface area contributed by atoms with Crippen LogP contribution in [0.1, 0.15) is 88.5 Å². The lowest BCUT2D eigenvalue weighted by atomic mass is 9.98. The van der Waals surface area contributed by atoms with Crippen LogP contribution in [-0.2, 0) is 19.9 Å². The first-order chi connectivity index (χ1) is 22.9. The molecule has 3 fully saturated rings. The standard InChI is InChI=1S/C36H33N7O5/c1-20-24(19-42(40-20)36(2,3)35(48)38-29-11-5-21(16-37)14-27(29)23-7-8-23)6-4-22-17-41(18-22)25-9-10-26-28(15-25)34(47)43(33(26)46)30-12-13-31(44)39-32(30)45/h5,9-11,14-15,19,22-23,30H,7-8,12-13,17-18H2,1-3H3,(H,38,48)(H,39,44,45). The van der Waals surface area contributed by atoms with Gasteiger partial charge in [0.1, 0.15) is 11.6 Å². The minimum absolute atomic E-state index is 0.0619. The number of aromatic nitrogens is 2. The smallest absolute Gasteiger partial charge is 0.262 e. The van der Waals surface area contributed by atoms with Gasteiger partial charge in [-0.15, -0.1) is 0 Å². The number of nitrogens with one attached hydrogen (secondary N) is 2. The van der Waals surface area contributed by atoms with Gasteiger partial charge in [0.2, 0.25) is 11.8 Å². The quantitative estimate of drug-likeness (QED) is 0.306. The second kappa shape index (κ2) is 11.5. The Balaban J connectivity index is 0.997. The van der Waals surface area contributed by atoms with Gasteiger partial charge < -0.3 is 10.2 Å². The predicted molar refractivity (Wildman–Crippen MR) is 174 cm³/mol. The minimum Gasteiger partial charge on any atom is -0.369 e. The van der Waals surface area contributed by atoms with Gasteiger partial charge in [-0.1, -0.05) is 11.8 Å². The highest BCUT2D eigenvalue weighted by Gasteiger charge is 2.45. The van der Waals surface area contributed by atoms with Crippen molar-refractivity contribution >= 4 is 40.9 Å². The summed E-state index contributed by atoms with van der Waals surface area (Å²) in [6, 6.07) is 11.6. The van der Waals surface area contributed by atoms with Crippen LogP contribution in [0.25, 0.3) is 0 Å². The maximum atomic E-state index is 13.5. The number of imide groups is 2. The Morgan fingerprint density at radius 2 is 1.77 bits per heavy atom. The summed E-state index contributed by atoms with van der Waals surface area (Å²) in [5.74, 6) is 4.61. The molecule has 2 saturated heterocycles. The molecule has 48 heavy (non-hydrogen) atoms. The van der Waals surface area contributed by atoms with Crippen LogP contribution in [0.15, 0.2) is 42.6 Å². The van der Waals surface area contributed by atoms with E-state index in [9.17, 15) is 29.2 Å². The minimum atomic E-state index is -1.01. The maximum Gasteiger partial charge on any atom is 0.262 e. The Kier molecular flexibility index (Phi) is 7.39. The molecule has 5 amide bonds. The number of hydrogen-bond donors (Lipinski definition) is 2. The van der Waals surface area contributed by atoms with Crippen LogP contribution in [0.5, 0.6) is 0 Å². The van der Waals surface area contributed by atoms with Crippen LogP contribution >= 0.6 is 0 Å². The van der Waals surface area contributed by atoms with Crippen molar-refractivity contribution in [3.63, 3.8) is 0 Å². The zero-order valence-electron chi connectivity index (χ0n) is 26.8. The van der Waals surface area contributed by atoms with Gasteiger partial charge in [-0.05, 0) is 87.9 Å². The zero-order valence-corrected chi connectivity index (χ0v) is 26.8. The van der Waals surface area contributed by atoms with E-state index in [2.05, 4.69) is 38.5 Å². The largest absolute Gasteiger partial charge is 0.369 e. The number of aryl methyl sites for hydroxylation is 1. The van der Waals surface area contributed by atoms with Gasteiger partial charge in [0, 0.05) is 37.1 Å². The summed E-state index contributed by atoms with van der Waals surface area (Å²) in [5.41, 5.74) is 3.98. The van der Waals surface area contributed by atoms with Crippen LogP contribution in [0.3, 0.4) is 0 Å². The fourth-order valence-electron chi connectivity index (χ4n) is 6.34. The molecule has 1 saturated carbocycles. The Labute approximate surface area is 277 Å². The third-order valence-corrected chi connectivity index (χ3v) is 9.55. The third-order valence-electron chi connectivity index (χ3n) is 9.55. The fourth-order valence-corrected chi connectivity index (χ4v) is 6.34. The van der Waals surface area contributed by atoms with E-state index in [1.807, 2.05) is 13.0 Å². The molecule has 2 N–H and O–H groups in total. The lowest BCUT2D eigenvalue weighted by Crippen LogP contribution is -2.54. The molecule has 1 aliphatic carbocycles. The Bertz CT molecular complexity index is 2030. The van der Waals surface area contributed by atoms with Crippen molar-refractivity contribution in [2.24, 2.45) is 5.92 Å². The van der Waals surface area contributed by atoms with Crippen molar-refractivity contribution in [1.82, 2.24) is 20.0 Å². The molecule has 4 heterocycles. The van der Waals surface area contributed by atoms with Crippen molar-refractivity contribution < 1.29 is 24.0 Å². The van der Waals surface area contributed by atoms with Gasteiger partial charge in [-0.3, -0.25) is 38.9 Å². The number of nitriles is 1. The number of rotatable bonds is 6. The van der Waals surface area contributed by atoms with Gasteiger partial charge in [0.15, 0.2) is 0 Å². The second-order valence-corrected chi connectivity index (χ2v) is 13.3. The van der Waals surface area contributed by atoms with Gasteiger partial charge >= 0.3 is 0 Å². The molecular weight excluding hydrogens is 610 g/mol. The van der Waals surface area contributed by atoms with Crippen molar-refractivity contribution in [2.75, 3.05) is 23.3 Å². The lowest BCUT2D eigenvalue weighted by molar-refractivity contribution is -0.136. The van der Waals surface area contributed by atoms with Crippen LogP contribution in [-0.4, -0.2) is 63.3 Å². The summed E-state index contributed by atoms with van der Waals surface area (Å²) in [6.45, 7) is 6.71. The summed E-state index contributed by atoms with van der Waals surface area (Å²) in [6.07, 6.45) is 4.05. The van der Waals surface area contributed by atoms with Crippen LogP contribution in [0.4, 0.5) is 11.4 Å². The number of fused-ring (bicyclic) bond motifs is 1.